The monoisotopic (exact) mass is 516 g/mol. The van der Waals surface area contributed by atoms with E-state index in [0.29, 0.717) is 12.1 Å². The van der Waals surface area contributed by atoms with Crippen LogP contribution in [0.3, 0.4) is 0 Å². The minimum absolute atomic E-state index is 0.0594. The smallest absolute Gasteiger partial charge is 0.318 e. The van der Waals surface area contributed by atoms with Crippen LogP contribution in [-0.2, 0) is 28.9 Å². The molecule has 2 unspecified atom stereocenters. The number of hydrogen-bond acceptors (Lipinski definition) is 8. The lowest BCUT2D eigenvalue weighted by atomic mass is 9.92. The maximum atomic E-state index is 13.4. The first-order valence-corrected chi connectivity index (χ1v) is 12.6. The Morgan fingerprint density at radius 3 is 2.53 bits per heavy atom. The van der Waals surface area contributed by atoms with Crippen LogP contribution in [-0.4, -0.2) is 86.1 Å². The molecule has 1 aromatic rings. The van der Waals surface area contributed by atoms with Crippen LogP contribution in [0.1, 0.15) is 38.7 Å². The van der Waals surface area contributed by atoms with Gasteiger partial charge >= 0.3 is 11.8 Å². The van der Waals surface area contributed by atoms with Gasteiger partial charge in [0, 0.05) is 30.8 Å². The number of carbonyl (C=O) groups excluding carboxylic acids is 5. The van der Waals surface area contributed by atoms with Crippen LogP contribution in [0.15, 0.2) is 30.3 Å². The number of benzene rings is 1. The molecule has 4 atom stereocenters. The van der Waals surface area contributed by atoms with E-state index in [-0.39, 0.29) is 30.8 Å². The predicted octanol–water partition coefficient (Wildman–Crippen LogP) is -0.622. The zero-order valence-corrected chi connectivity index (χ0v) is 21.0. The molecule has 194 valence electrons. The lowest BCUT2D eigenvalue weighted by molar-refractivity contribution is -0.676. The zero-order valence-electron chi connectivity index (χ0n) is 20.2. The van der Waals surface area contributed by atoms with Gasteiger partial charge in [0.25, 0.3) is 0 Å². The summed E-state index contributed by atoms with van der Waals surface area (Å²) in [6.45, 7) is 7.24. The van der Waals surface area contributed by atoms with E-state index in [1.165, 1.54) is 21.6 Å². The fourth-order valence-electron chi connectivity index (χ4n) is 4.84. The summed E-state index contributed by atoms with van der Waals surface area (Å²) in [6, 6.07) is 7.24. The third kappa shape index (κ3) is 4.60. The normalized spacial score (nSPS) is 25.9. The summed E-state index contributed by atoms with van der Waals surface area (Å²) in [4.78, 5) is 71.8. The van der Waals surface area contributed by atoms with E-state index in [9.17, 15) is 29.2 Å². The Bertz CT molecular complexity index is 1070. The summed E-state index contributed by atoms with van der Waals surface area (Å²) < 4.78 is -0.494. The largest absolute Gasteiger partial charge is 0.759 e. The molecule has 0 radical (unpaired) electrons. The van der Waals surface area contributed by atoms with Gasteiger partial charge in [-0.15, -0.1) is 11.8 Å². The number of thioether (sulfide) groups is 1. The van der Waals surface area contributed by atoms with Crippen molar-refractivity contribution in [3.8, 4) is 0 Å². The van der Waals surface area contributed by atoms with Crippen molar-refractivity contribution in [3.05, 3.63) is 42.5 Å². The molecule has 1 aromatic carbocycles. The van der Waals surface area contributed by atoms with E-state index in [2.05, 4.69) is 10.2 Å². The van der Waals surface area contributed by atoms with Crippen LogP contribution < -0.4 is 10.6 Å². The summed E-state index contributed by atoms with van der Waals surface area (Å²) in [5, 5.41) is 13.1. The van der Waals surface area contributed by atoms with Crippen LogP contribution in [0, 0.1) is 6.61 Å². The number of imide groups is 1. The maximum absolute atomic E-state index is 13.4. The van der Waals surface area contributed by atoms with E-state index in [1.807, 2.05) is 13.8 Å². The Labute approximate surface area is 213 Å². The Morgan fingerprint density at radius 1 is 1.19 bits per heavy atom. The maximum Gasteiger partial charge on any atom is 0.318 e. The van der Waals surface area contributed by atoms with Gasteiger partial charge in [0.2, 0.25) is 17.7 Å². The molecule has 11 nitrogen and oxygen atoms in total. The topological polar surface area (TPSA) is 139 Å². The quantitative estimate of drug-likeness (QED) is 0.159. The third-order valence-electron chi connectivity index (χ3n) is 6.89. The molecule has 3 heterocycles. The van der Waals surface area contributed by atoms with Gasteiger partial charge < -0.3 is 25.3 Å². The summed E-state index contributed by atoms with van der Waals surface area (Å²) in [5.41, 5.74) is 0.545. The molecule has 12 heteroatoms. The molecule has 3 aliphatic rings. The van der Waals surface area contributed by atoms with Crippen molar-refractivity contribution in [2.24, 2.45) is 0 Å². The number of likely N-dealkylation sites (N-methyl/N-ethyl adjacent to an activating group) is 1. The van der Waals surface area contributed by atoms with E-state index in [0.717, 1.165) is 11.5 Å². The molecule has 3 fully saturated rings. The molecule has 4 rings (SSSR count). The number of β-lactam (4-membered cyclic amide) rings is 1. The molecular formula is C24H28N4O7S-2. The number of nitrogens with zero attached hydrogens (tertiary/aromatic N) is 3. The minimum atomic E-state index is -0.973. The van der Waals surface area contributed by atoms with Crippen molar-refractivity contribution >= 4 is 41.3 Å². The van der Waals surface area contributed by atoms with Gasteiger partial charge in [-0.3, -0.25) is 28.9 Å². The Hall–Kier alpha value is -2.96. The first kappa shape index (κ1) is 26.1. The molecule has 3 saturated heterocycles. The van der Waals surface area contributed by atoms with Gasteiger partial charge in [-0.25, -0.2) is 6.61 Å². The van der Waals surface area contributed by atoms with E-state index in [1.54, 1.807) is 37.3 Å². The summed E-state index contributed by atoms with van der Waals surface area (Å²) in [6.07, 6.45) is -0.338. The highest BCUT2D eigenvalue weighted by Crippen LogP contribution is 2.51. The first-order chi connectivity index (χ1) is 17.1. The van der Waals surface area contributed by atoms with Gasteiger partial charge in [-0.2, -0.15) is 0 Å². The number of piperazine rings is 1. The average Bonchev–Trinajstić information content (AvgIpc) is 3.10. The molecule has 1 N–H and O–H groups in total. The molecule has 5 amide bonds. The van der Waals surface area contributed by atoms with Crippen molar-refractivity contribution < 1.29 is 34.1 Å². The van der Waals surface area contributed by atoms with Gasteiger partial charge in [-0.1, -0.05) is 50.2 Å². The van der Waals surface area contributed by atoms with Crippen LogP contribution in [0.5, 0.6) is 0 Å². The SMILES string of the molecule is CCN1CCN(C(=O)CC(C(=O)NC2C(=O)N3[C@@H]2SC(C)(C)[C@@H]3[CH-]O[O-])c2ccccc2)C(=O)C1=O. The summed E-state index contributed by atoms with van der Waals surface area (Å²) in [7, 11) is 0. The Kier molecular flexibility index (Phi) is 7.39. The molecule has 0 aromatic heterocycles. The molecule has 0 spiro atoms. The van der Waals surface area contributed by atoms with Gasteiger partial charge in [-0.05, 0) is 12.5 Å². The summed E-state index contributed by atoms with van der Waals surface area (Å²) in [5.74, 6) is -4.14. The van der Waals surface area contributed by atoms with Crippen molar-refractivity contribution in [2.75, 3.05) is 19.6 Å². The van der Waals surface area contributed by atoms with E-state index in [4.69, 9.17) is 0 Å². The number of hydrogen-bond donors (Lipinski definition) is 1. The van der Waals surface area contributed by atoms with Crippen LogP contribution in [0.25, 0.3) is 0 Å². The summed E-state index contributed by atoms with van der Waals surface area (Å²) >= 11 is 1.44. The molecule has 3 aliphatic heterocycles. The van der Waals surface area contributed by atoms with Crippen LogP contribution >= 0.6 is 11.8 Å². The third-order valence-corrected chi connectivity index (χ3v) is 8.48. The van der Waals surface area contributed by atoms with Gasteiger partial charge in [0.05, 0.1) is 5.92 Å². The Morgan fingerprint density at radius 2 is 1.89 bits per heavy atom. The molecule has 0 bridgehead atoms. The lowest BCUT2D eigenvalue weighted by Crippen LogP contribution is -2.70. The average molecular weight is 517 g/mol. The second kappa shape index (κ2) is 10.2. The zero-order chi connectivity index (χ0) is 26.2. The standard InChI is InChI=1S/C24H29N4O7S/c1-4-26-10-11-27(22(33)21(26)32)17(29)12-15(14-8-6-5-7-9-14)19(30)25-18-20(31)28-16(13-35-34)24(2,3)36-23(18)28/h5-9,13,15-16,18,23,34H,4,10-12H2,1-3H3,(H,25,30)/q-1/p-1/t15?,16-,18?,23+/m0/s1. The van der Waals surface area contributed by atoms with Gasteiger partial charge in [0.15, 0.2) is 0 Å². The second-order valence-corrected chi connectivity index (χ2v) is 11.2. The van der Waals surface area contributed by atoms with Crippen molar-refractivity contribution in [1.29, 1.82) is 0 Å². The fourth-order valence-corrected chi connectivity index (χ4v) is 6.44. The van der Waals surface area contributed by atoms with E-state index >= 15 is 0 Å². The Balaban J connectivity index is 1.49. The van der Waals surface area contributed by atoms with Crippen molar-refractivity contribution in [1.82, 2.24) is 20.0 Å². The van der Waals surface area contributed by atoms with Crippen molar-refractivity contribution in [3.63, 3.8) is 0 Å². The molecule has 0 aliphatic carbocycles. The van der Waals surface area contributed by atoms with Crippen LogP contribution in [0.2, 0.25) is 0 Å². The number of rotatable bonds is 8. The van der Waals surface area contributed by atoms with E-state index < -0.39 is 46.4 Å². The number of nitrogens with one attached hydrogen (secondary N) is 1. The highest BCUT2D eigenvalue weighted by molar-refractivity contribution is 8.01. The van der Waals surface area contributed by atoms with Crippen LogP contribution in [0.4, 0.5) is 0 Å². The highest BCUT2D eigenvalue weighted by Gasteiger charge is 2.59. The molecule has 36 heavy (non-hydrogen) atoms. The molecule has 0 saturated carbocycles. The van der Waals surface area contributed by atoms with Gasteiger partial charge in [0.1, 0.15) is 11.4 Å². The number of fused-ring (bicyclic) bond motifs is 1. The highest BCUT2D eigenvalue weighted by atomic mass is 32.2. The number of carbonyl (C=O) groups is 5. The second-order valence-electron chi connectivity index (χ2n) is 9.42. The first-order valence-electron chi connectivity index (χ1n) is 11.7. The number of amides is 5. The fraction of sp³-hybridized carbons (Fsp3) is 0.500. The molecular weight excluding hydrogens is 488 g/mol. The minimum Gasteiger partial charge on any atom is -0.759 e. The lowest BCUT2D eigenvalue weighted by Gasteiger charge is -2.49. The predicted molar refractivity (Wildman–Crippen MR) is 126 cm³/mol. The van der Waals surface area contributed by atoms with Crippen molar-refractivity contribution in [2.45, 2.75) is 55.3 Å².